The molecule has 0 fully saturated rings. The molecule has 0 spiro atoms. The van der Waals surface area contributed by atoms with E-state index in [4.69, 9.17) is 14.4 Å². The molecule has 4 heteroatoms. The molecule has 0 N–H and O–H groups in total. The lowest BCUT2D eigenvalue weighted by Gasteiger charge is -2.11. The van der Waals surface area contributed by atoms with E-state index in [-0.39, 0.29) is 0 Å². The van der Waals surface area contributed by atoms with E-state index in [9.17, 15) is 0 Å². The predicted octanol–water partition coefficient (Wildman–Crippen LogP) is 11.6. The molecule has 3 aromatic heterocycles. The van der Waals surface area contributed by atoms with E-state index in [1.165, 1.54) is 21.8 Å². The van der Waals surface area contributed by atoms with E-state index in [0.717, 1.165) is 66.5 Å². The molecule has 0 amide bonds. The first-order chi connectivity index (χ1) is 23.8. The summed E-state index contributed by atoms with van der Waals surface area (Å²) in [5.74, 6) is 0.683. The number of nitrogens with zero attached hydrogens (tertiary/aromatic N) is 3. The monoisotopic (exact) mass is 613 g/mol. The van der Waals surface area contributed by atoms with Gasteiger partial charge in [0.1, 0.15) is 11.2 Å². The highest BCUT2D eigenvalue weighted by molar-refractivity contribution is 6.19. The van der Waals surface area contributed by atoms with Crippen molar-refractivity contribution in [2.45, 2.75) is 0 Å². The Bertz CT molecular complexity index is 2830. The van der Waals surface area contributed by atoms with Crippen molar-refractivity contribution in [1.82, 2.24) is 14.5 Å². The van der Waals surface area contributed by atoms with E-state index in [1.807, 2.05) is 30.3 Å². The van der Waals surface area contributed by atoms with Gasteiger partial charge in [0.2, 0.25) is 0 Å². The van der Waals surface area contributed by atoms with Crippen molar-refractivity contribution >= 4 is 54.6 Å². The maximum absolute atomic E-state index is 6.26. The van der Waals surface area contributed by atoms with Crippen LogP contribution in [-0.4, -0.2) is 14.5 Å². The molecule has 0 saturated heterocycles. The van der Waals surface area contributed by atoms with Gasteiger partial charge < -0.3 is 8.98 Å². The van der Waals surface area contributed by atoms with Gasteiger partial charge in [0.15, 0.2) is 5.82 Å². The van der Waals surface area contributed by atoms with Crippen molar-refractivity contribution in [2.75, 3.05) is 0 Å². The summed E-state index contributed by atoms with van der Waals surface area (Å²) in [7, 11) is 0. The van der Waals surface area contributed by atoms with Crippen molar-refractivity contribution in [3.8, 4) is 39.5 Å². The average Bonchev–Trinajstić information content (AvgIpc) is 3.71. The van der Waals surface area contributed by atoms with Gasteiger partial charge in [-0.15, -0.1) is 0 Å². The first-order valence-electron chi connectivity index (χ1n) is 16.2. The van der Waals surface area contributed by atoms with Crippen LogP contribution >= 0.6 is 0 Å². The molecule has 224 valence electrons. The Kier molecular flexibility index (Phi) is 5.84. The molecule has 3 heterocycles. The van der Waals surface area contributed by atoms with Gasteiger partial charge >= 0.3 is 0 Å². The molecule has 0 aliphatic heterocycles. The van der Waals surface area contributed by atoms with Crippen molar-refractivity contribution < 1.29 is 4.42 Å². The molecule has 4 nitrogen and oxygen atoms in total. The zero-order chi connectivity index (χ0) is 31.6. The third-order valence-electron chi connectivity index (χ3n) is 9.39. The highest BCUT2D eigenvalue weighted by atomic mass is 16.3. The van der Waals surface area contributed by atoms with Crippen LogP contribution in [0.1, 0.15) is 0 Å². The number of aromatic nitrogens is 3. The minimum Gasteiger partial charge on any atom is -0.456 e. The predicted molar refractivity (Wildman–Crippen MR) is 197 cm³/mol. The smallest absolute Gasteiger partial charge is 0.160 e. The fourth-order valence-corrected chi connectivity index (χ4v) is 7.19. The van der Waals surface area contributed by atoms with Crippen LogP contribution in [0.2, 0.25) is 0 Å². The molecular formula is C44H27N3O. The highest BCUT2D eigenvalue weighted by Crippen LogP contribution is 2.39. The number of rotatable bonds is 4. The zero-order valence-electron chi connectivity index (χ0n) is 25.8. The third kappa shape index (κ3) is 4.10. The van der Waals surface area contributed by atoms with Crippen LogP contribution in [0, 0.1) is 0 Å². The van der Waals surface area contributed by atoms with Crippen LogP contribution in [-0.2, 0) is 0 Å². The summed E-state index contributed by atoms with van der Waals surface area (Å²) < 4.78 is 8.61. The second-order valence-corrected chi connectivity index (χ2v) is 12.2. The number of hydrogen-bond acceptors (Lipinski definition) is 3. The zero-order valence-corrected chi connectivity index (χ0v) is 25.8. The summed E-state index contributed by atoms with van der Waals surface area (Å²) in [5.41, 5.74) is 11.3. The Hall–Kier alpha value is -6.52. The lowest BCUT2D eigenvalue weighted by molar-refractivity contribution is 0.669. The molecule has 7 aromatic carbocycles. The molecule has 0 saturated carbocycles. The standard InChI is InChI=1S/C44H27N3O/c1-3-12-28(13-4-1)42-35-23-25-40-41(34-19-8-10-21-39(34)48-40)43(35)46-44(45-42)31-15-11-14-29(26-31)30-22-24-38-36(27-30)33-18-7-9-20-37(33)47(38)32-16-5-2-6-17-32/h1-27H. The van der Waals surface area contributed by atoms with Crippen LogP contribution in [0.5, 0.6) is 0 Å². The number of para-hydroxylation sites is 3. The first kappa shape index (κ1) is 26.7. The number of furan rings is 1. The summed E-state index contributed by atoms with van der Waals surface area (Å²) in [6.07, 6.45) is 0. The van der Waals surface area contributed by atoms with Gasteiger partial charge in [0.25, 0.3) is 0 Å². The number of hydrogen-bond donors (Lipinski definition) is 0. The van der Waals surface area contributed by atoms with Crippen molar-refractivity contribution in [1.29, 1.82) is 0 Å². The van der Waals surface area contributed by atoms with Crippen LogP contribution < -0.4 is 0 Å². The molecule has 0 unspecified atom stereocenters. The molecule has 10 aromatic rings. The Balaban J connectivity index is 1.18. The molecule has 0 aliphatic carbocycles. The highest BCUT2D eigenvalue weighted by Gasteiger charge is 2.18. The second kappa shape index (κ2) is 10.5. The van der Waals surface area contributed by atoms with E-state index < -0.39 is 0 Å². The molecule has 10 rings (SSSR count). The lowest BCUT2D eigenvalue weighted by atomic mass is 9.99. The van der Waals surface area contributed by atoms with Crippen LogP contribution in [0.25, 0.3) is 94.1 Å². The second-order valence-electron chi connectivity index (χ2n) is 12.2. The summed E-state index contributed by atoms with van der Waals surface area (Å²) in [4.78, 5) is 10.5. The topological polar surface area (TPSA) is 43.9 Å². The van der Waals surface area contributed by atoms with Gasteiger partial charge in [-0.05, 0) is 65.7 Å². The van der Waals surface area contributed by atoms with Crippen molar-refractivity contribution in [3.63, 3.8) is 0 Å². The Morgan fingerprint density at radius 2 is 1.10 bits per heavy atom. The minimum atomic E-state index is 0.683. The third-order valence-corrected chi connectivity index (χ3v) is 9.39. The van der Waals surface area contributed by atoms with Gasteiger partial charge in [0, 0.05) is 38.4 Å². The van der Waals surface area contributed by atoms with Gasteiger partial charge in [-0.1, -0.05) is 109 Å². The Morgan fingerprint density at radius 3 is 1.98 bits per heavy atom. The van der Waals surface area contributed by atoms with Crippen molar-refractivity contribution in [2.24, 2.45) is 0 Å². The van der Waals surface area contributed by atoms with Crippen LogP contribution in [0.3, 0.4) is 0 Å². The van der Waals surface area contributed by atoms with Gasteiger partial charge in [-0.2, -0.15) is 0 Å². The molecule has 0 aliphatic rings. The quantitative estimate of drug-likeness (QED) is 0.198. The molecular weight excluding hydrogens is 587 g/mol. The Labute approximate surface area is 276 Å². The molecule has 48 heavy (non-hydrogen) atoms. The van der Waals surface area contributed by atoms with Crippen LogP contribution in [0.15, 0.2) is 168 Å². The molecule has 0 bridgehead atoms. The normalized spacial score (nSPS) is 11.8. The van der Waals surface area contributed by atoms with Gasteiger partial charge in [-0.3, -0.25) is 0 Å². The van der Waals surface area contributed by atoms with E-state index >= 15 is 0 Å². The fourth-order valence-electron chi connectivity index (χ4n) is 7.19. The van der Waals surface area contributed by atoms with Crippen LogP contribution in [0.4, 0.5) is 0 Å². The van der Waals surface area contributed by atoms with Gasteiger partial charge in [-0.25, -0.2) is 9.97 Å². The SMILES string of the molecule is c1ccc(-c2nc(-c3cccc(-c4ccc5c(c4)c4ccccc4n5-c4ccccc4)c3)nc3c2ccc2oc4ccccc4c23)cc1. The lowest BCUT2D eigenvalue weighted by Crippen LogP contribution is -1.96. The summed E-state index contributed by atoms with van der Waals surface area (Å²) in [6, 6.07) is 57.2. The van der Waals surface area contributed by atoms with Crippen molar-refractivity contribution in [3.05, 3.63) is 164 Å². The summed E-state index contributed by atoms with van der Waals surface area (Å²) >= 11 is 0. The molecule has 0 radical (unpaired) electrons. The average molecular weight is 614 g/mol. The van der Waals surface area contributed by atoms with E-state index in [2.05, 4.69) is 138 Å². The maximum atomic E-state index is 6.26. The maximum Gasteiger partial charge on any atom is 0.160 e. The number of benzene rings is 7. The largest absolute Gasteiger partial charge is 0.456 e. The van der Waals surface area contributed by atoms with Gasteiger partial charge in [0.05, 0.1) is 27.6 Å². The van der Waals surface area contributed by atoms with E-state index in [0.29, 0.717) is 5.82 Å². The Morgan fingerprint density at radius 1 is 0.417 bits per heavy atom. The number of fused-ring (bicyclic) bond motifs is 8. The summed E-state index contributed by atoms with van der Waals surface area (Å²) in [6.45, 7) is 0. The summed E-state index contributed by atoms with van der Waals surface area (Å²) in [5, 5.41) is 5.52. The van der Waals surface area contributed by atoms with E-state index in [1.54, 1.807) is 0 Å². The fraction of sp³-hybridized carbons (Fsp3) is 0. The molecule has 0 atom stereocenters. The first-order valence-corrected chi connectivity index (χ1v) is 16.2. The minimum absolute atomic E-state index is 0.683.